The molecule has 0 spiro atoms. The zero-order chi connectivity index (χ0) is 13.3. The fourth-order valence-electron chi connectivity index (χ4n) is 1.76. The van der Waals surface area contributed by atoms with Crippen molar-refractivity contribution in [3.05, 3.63) is 34.1 Å². The van der Waals surface area contributed by atoms with Crippen molar-refractivity contribution in [1.29, 1.82) is 0 Å². The van der Waals surface area contributed by atoms with E-state index in [1.54, 1.807) is 6.07 Å². The molecule has 1 aromatic rings. The van der Waals surface area contributed by atoms with Crippen LogP contribution in [0.25, 0.3) is 0 Å². The number of halogens is 2. The zero-order valence-electron chi connectivity index (χ0n) is 9.45. The molecule has 18 heavy (non-hydrogen) atoms. The van der Waals surface area contributed by atoms with Gasteiger partial charge in [0.2, 0.25) is 0 Å². The average molecular weight is 331 g/mol. The van der Waals surface area contributed by atoms with Crippen molar-refractivity contribution >= 4 is 39.0 Å². The summed E-state index contributed by atoms with van der Waals surface area (Å²) in [6.07, 6.45) is 2.02. The summed E-state index contributed by atoms with van der Waals surface area (Å²) >= 11 is 8.08. The van der Waals surface area contributed by atoms with E-state index in [0.717, 1.165) is 12.8 Å². The number of hydrogen-bond donors (Lipinski definition) is 2. The lowest BCUT2D eigenvalue weighted by molar-refractivity contribution is 0.0943. The van der Waals surface area contributed by atoms with Crippen LogP contribution in [0, 0.1) is 11.7 Å². The second-order valence-electron chi connectivity index (χ2n) is 4.35. The van der Waals surface area contributed by atoms with Crippen LogP contribution in [0.5, 0.6) is 0 Å². The predicted octanol–water partition coefficient (Wildman–Crippen LogP) is 2.38. The van der Waals surface area contributed by atoms with E-state index in [2.05, 4.69) is 21.2 Å². The fraction of sp³-hybridized carbons (Fsp3) is 0.333. The summed E-state index contributed by atoms with van der Waals surface area (Å²) in [5.41, 5.74) is 5.85. The maximum absolute atomic E-state index is 13.2. The third kappa shape index (κ3) is 3.26. The summed E-state index contributed by atoms with van der Waals surface area (Å²) in [5.74, 6) is -0.504. The normalized spacial score (nSPS) is 16.1. The third-order valence-electron chi connectivity index (χ3n) is 2.81. The van der Waals surface area contributed by atoms with Crippen LogP contribution in [0.1, 0.15) is 23.2 Å². The summed E-state index contributed by atoms with van der Waals surface area (Å²) < 4.78 is 13.7. The van der Waals surface area contributed by atoms with Crippen LogP contribution in [-0.2, 0) is 0 Å². The van der Waals surface area contributed by atoms with E-state index in [1.165, 1.54) is 12.1 Å². The van der Waals surface area contributed by atoms with Gasteiger partial charge in [0.05, 0.1) is 11.0 Å². The molecule has 0 aromatic heterocycles. The fourth-order valence-corrected chi connectivity index (χ4v) is 2.48. The van der Waals surface area contributed by atoms with Gasteiger partial charge >= 0.3 is 0 Å². The highest BCUT2D eigenvalue weighted by Gasteiger charge is 2.34. The molecule has 0 bridgehead atoms. The van der Waals surface area contributed by atoms with E-state index in [1.807, 2.05) is 0 Å². The average Bonchev–Trinajstić information content (AvgIpc) is 3.07. The molecule has 0 radical (unpaired) electrons. The first kappa shape index (κ1) is 13.4. The Morgan fingerprint density at radius 2 is 2.17 bits per heavy atom. The number of hydrogen-bond acceptors (Lipinski definition) is 2. The van der Waals surface area contributed by atoms with Gasteiger partial charge in [0.1, 0.15) is 5.82 Å². The van der Waals surface area contributed by atoms with Crippen LogP contribution < -0.4 is 11.1 Å². The molecular weight excluding hydrogens is 319 g/mol. The molecule has 96 valence electrons. The van der Waals surface area contributed by atoms with Crippen LogP contribution in [0.4, 0.5) is 4.39 Å². The number of carbonyl (C=O) groups is 1. The molecular formula is C12H12BrFN2OS. The molecule has 0 saturated heterocycles. The lowest BCUT2D eigenvalue weighted by Crippen LogP contribution is -2.45. The lowest BCUT2D eigenvalue weighted by atomic mass is 10.1. The molecule has 1 aliphatic rings. The minimum atomic E-state index is -0.465. The highest BCUT2D eigenvalue weighted by atomic mass is 79.9. The van der Waals surface area contributed by atoms with Gasteiger partial charge in [-0.2, -0.15) is 0 Å². The first-order valence-electron chi connectivity index (χ1n) is 5.53. The van der Waals surface area contributed by atoms with Gasteiger partial charge in [0, 0.05) is 10.0 Å². The number of carbonyl (C=O) groups excluding carboxylic acids is 1. The van der Waals surface area contributed by atoms with Crippen molar-refractivity contribution in [3.63, 3.8) is 0 Å². The Hall–Kier alpha value is -1.01. The molecule has 6 heteroatoms. The predicted molar refractivity (Wildman–Crippen MR) is 74.9 cm³/mol. The quantitative estimate of drug-likeness (QED) is 0.833. The highest BCUT2D eigenvalue weighted by molar-refractivity contribution is 9.10. The molecule has 3 N–H and O–H groups in total. The van der Waals surface area contributed by atoms with E-state index < -0.39 is 5.82 Å². The van der Waals surface area contributed by atoms with Gasteiger partial charge in [-0.3, -0.25) is 4.79 Å². The van der Waals surface area contributed by atoms with Gasteiger partial charge in [-0.05, 0) is 37.0 Å². The second kappa shape index (κ2) is 5.32. The summed E-state index contributed by atoms with van der Waals surface area (Å²) in [7, 11) is 0. The Morgan fingerprint density at radius 3 is 2.67 bits per heavy atom. The molecule has 1 aliphatic carbocycles. The van der Waals surface area contributed by atoms with Gasteiger partial charge in [-0.15, -0.1) is 0 Å². The van der Waals surface area contributed by atoms with Gasteiger partial charge in [0.15, 0.2) is 0 Å². The van der Waals surface area contributed by atoms with Crippen molar-refractivity contribution in [2.75, 3.05) is 0 Å². The maximum atomic E-state index is 13.2. The summed E-state index contributed by atoms with van der Waals surface area (Å²) in [4.78, 5) is 12.3. The molecule has 0 aliphatic heterocycles. The summed E-state index contributed by atoms with van der Waals surface area (Å²) in [6.45, 7) is 0. The van der Waals surface area contributed by atoms with Crippen molar-refractivity contribution in [2.24, 2.45) is 11.7 Å². The van der Waals surface area contributed by atoms with Crippen LogP contribution in [0.3, 0.4) is 0 Å². The second-order valence-corrected chi connectivity index (χ2v) is 5.74. The van der Waals surface area contributed by atoms with E-state index >= 15 is 0 Å². The first-order valence-corrected chi connectivity index (χ1v) is 6.74. The van der Waals surface area contributed by atoms with Crippen molar-refractivity contribution in [1.82, 2.24) is 5.32 Å². The van der Waals surface area contributed by atoms with Gasteiger partial charge in [-0.1, -0.05) is 28.1 Å². The molecule has 2 rings (SSSR count). The summed E-state index contributed by atoms with van der Waals surface area (Å²) in [5, 5.41) is 2.76. The number of rotatable bonds is 4. The first-order chi connectivity index (χ1) is 8.47. The van der Waals surface area contributed by atoms with Crippen molar-refractivity contribution in [3.8, 4) is 0 Å². The minimum Gasteiger partial charge on any atom is -0.392 e. The molecule has 1 atom stereocenters. The Bertz CT molecular complexity index is 485. The van der Waals surface area contributed by atoms with Crippen LogP contribution in [-0.4, -0.2) is 16.9 Å². The number of thiocarbonyl (C=S) groups is 1. The monoisotopic (exact) mass is 330 g/mol. The third-order valence-corrected chi connectivity index (χ3v) is 3.52. The van der Waals surface area contributed by atoms with Gasteiger partial charge < -0.3 is 11.1 Å². The van der Waals surface area contributed by atoms with Crippen LogP contribution >= 0.6 is 28.1 Å². The Morgan fingerprint density at radius 1 is 1.50 bits per heavy atom. The van der Waals surface area contributed by atoms with Crippen molar-refractivity contribution < 1.29 is 9.18 Å². The molecule has 1 fully saturated rings. The molecule has 1 unspecified atom stereocenters. The zero-order valence-corrected chi connectivity index (χ0v) is 11.9. The van der Waals surface area contributed by atoms with Crippen LogP contribution in [0.15, 0.2) is 22.7 Å². The smallest absolute Gasteiger partial charge is 0.251 e. The maximum Gasteiger partial charge on any atom is 0.251 e. The van der Waals surface area contributed by atoms with Crippen molar-refractivity contribution in [2.45, 2.75) is 18.9 Å². The lowest BCUT2D eigenvalue weighted by Gasteiger charge is -2.16. The van der Waals surface area contributed by atoms with E-state index in [9.17, 15) is 9.18 Å². The number of nitrogens with one attached hydrogen (secondary N) is 1. The number of benzene rings is 1. The van der Waals surface area contributed by atoms with E-state index in [-0.39, 0.29) is 22.5 Å². The standard InChI is InChI=1S/C12H12BrFN2OS/c13-8-3-7(4-9(14)5-8)12(17)16-10(11(15)18)6-1-2-6/h3-6,10H,1-2H2,(H2,15,18)(H,16,17). The number of amides is 1. The molecule has 1 aromatic carbocycles. The largest absolute Gasteiger partial charge is 0.392 e. The number of nitrogens with two attached hydrogens (primary N) is 1. The summed E-state index contributed by atoms with van der Waals surface area (Å²) in [6, 6.07) is 3.74. The Balaban J connectivity index is 2.13. The van der Waals surface area contributed by atoms with Gasteiger partial charge in [-0.25, -0.2) is 4.39 Å². The van der Waals surface area contributed by atoms with Crippen LogP contribution in [0.2, 0.25) is 0 Å². The molecule has 3 nitrogen and oxygen atoms in total. The molecule has 0 heterocycles. The van der Waals surface area contributed by atoms with E-state index in [0.29, 0.717) is 10.4 Å². The minimum absolute atomic E-state index is 0.253. The molecule has 1 amide bonds. The van der Waals surface area contributed by atoms with Gasteiger partial charge in [0.25, 0.3) is 5.91 Å². The van der Waals surface area contributed by atoms with E-state index in [4.69, 9.17) is 18.0 Å². The highest BCUT2D eigenvalue weighted by Crippen LogP contribution is 2.33. The SMILES string of the molecule is NC(=S)C(NC(=O)c1cc(F)cc(Br)c1)C1CC1. The Labute approximate surface area is 118 Å². The Kier molecular flexibility index (Phi) is 3.97. The molecule has 1 saturated carbocycles. The topological polar surface area (TPSA) is 55.1 Å².